The van der Waals surface area contributed by atoms with Gasteiger partial charge in [0.05, 0.1) is 10.0 Å². The first-order chi connectivity index (χ1) is 14.5. The number of benzene rings is 1. The highest BCUT2D eigenvalue weighted by Crippen LogP contribution is 2.29. The summed E-state index contributed by atoms with van der Waals surface area (Å²) >= 11 is 3.39. The lowest BCUT2D eigenvalue weighted by atomic mass is 10.1. The van der Waals surface area contributed by atoms with Gasteiger partial charge in [-0.15, -0.1) is 0 Å². The summed E-state index contributed by atoms with van der Waals surface area (Å²) in [7, 11) is 0. The zero-order valence-electron chi connectivity index (χ0n) is 15.8. The molecule has 9 heteroatoms. The summed E-state index contributed by atoms with van der Waals surface area (Å²) in [6.07, 6.45) is 7.73. The molecule has 2 aromatic heterocycles. The van der Waals surface area contributed by atoms with Crippen LogP contribution in [0.15, 0.2) is 53.5 Å². The van der Waals surface area contributed by atoms with Gasteiger partial charge in [-0.2, -0.15) is 0 Å². The van der Waals surface area contributed by atoms with Crippen LogP contribution in [0.5, 0.6) is 5.75 Å². The Hall–Kier alpha value is -3.07. The summed E-state index contributed by atoms with van der Waals surface area (Å²) in [5, 5.41) is 9.10. The van der Waals surface area contributed by atoms with E-state index in [0.717, 1.165) is 17.3 Å². The Morgan fingerprint density at radius 3 is 2.53 bits per heavy atom. The minimum Gasteiger partial charge on any atom is -0.489 e. The summed E-state index contributed by atoms with van der Waals surface area (Å²) in [4.78, 5) is 26.0. The largest absolute Gasteiger partial charge is 0.489 e. The number of nitrogens with zero attached hydrogens (tertiary/aromatic N) is 4. The van der Waals surface area contributed by atoms with E-state index in [2.05, 4.69) is 35.8 Å². The third kappa shape index (κ3) is 4.56. The Kier molecular flexibility index (Phi) is 5.89. The SMILES string of the molecule is O=C(O)c1cncc(-c2cnc(N3CCC(Oc4cc(F)ccc4Br)CC3)nc2)c1. The van der Waals surface area contributed by atoms with Crippen LogP contribution in [0.3, 0.4) is 0 Å². The molecule has 0 atom stereocenters. The van der Waals surface area contributed by atoms with E-state index in [-0.39, 0.29) is 17.5 Å². The maximum Gasteiger partial charge on any atom is 0.337 e. The van der Waals surface area contributed by atoms with E-state index in [9.17, 15) is 9.18 Å². The van der Waals surface area contributed by atoms with Crippen molar-refractivity contribution in [1.29, 1.82) is 0 Å². The minimum atomic E-state index is -1.03. The Labute approximate surface area is 180 Å². The summed E-state index contributed by atoms with van der Waals surface area (Å²) < 4.78 is 20.1. The second kappa shape index (κ2) is 8.74. The second-order valence-corrected chi connectivity index (χ2v) is 7.77. The highest BCUT2D eigenvalue weighted by Gasteiger charge is 2.23. The quantitative estimate of drug-likeness (QED) is 0.595. The van der Waals surface area contributed by atoms with Gasteiger partial charge in [-0.25, -0.2) is 19.2 Å². The number of aromatic nitrogens is 3. The molecule has 0 saturated carbocycles. The van der Waals surface area contributed by atoms with Crippen LogP contribution in [0, 0.1) is 5.82 Å². The van der Waals surface area contributed by atoms with Crippen LogP contribution in [-0.2, 0) is 0 Å². The first-order valence-electron chi connectivity index (χ1n) is 9.37. The number of carboxylic acids is 1. The average molecular weight is 473 g/mol. The standard InChI is InChI=1S/C21H18BrFN4O3/c22-18-2-1-16(23)8-19(18)30-17-3-5-27(6-4-17)21-25-11-15(12-26-21)13-7-14(20(28)29)10-24-9-13/h1-2,7-12,17H,3-6H2,(H,28,29). The second-order valence-electron chi connectivity index (χ2n) is 6.92. The third-order valence-corrected chi connectivity index (χ3v) is 5.52. The average Bonchev–Trinajstić information content (AvgIpc) is 2.77. The number of ether oxygens (including phenoxy) is 1. The third-order valence-electron chi connectivity index (χ3n) is 4.87. The van der Waals surface area contributed by atoms with Crippen molar-refractivity contribution >= 4 is 27.8 Å². The zero-order valence-corrected chi connectivity index (χ0v) is 17.4. The van der Waals surface area contributed by atoms with Gasteiger partial charge in [0.2, 0.25) is 5.95 Å². The van der Waals surface area contributed by atoms with Crippen molar-refractivity contribution < 1.29 is 19.0 Å². The molecule has 1 N–H and O–H groups in total. The van der Waals surface area contributed by atoms with Crippen LogP contribution < -0.4 is 9.64 Å². The molecule has 0 aliphatic carbocycles. The molecule has 0 amide bonds. The van der Waals surface area contributed by atoms with Crippen LogP contribution in [0.2, 0.25) is 0 Å². The first-order valence-corrected chi connectivity index (χ1v) is 10.2. The molecule has 1 aromatic carbocycles. The molecule has 1 saturated heterocycles. The van der Waals surface area contributed by atoms with Crippen LogP contribution >= 0.6 is 15.9 Å². The lowest BCUT2D eigenvalue weighted by Gasteiger charge is -2.32. The van der Waals surface area contributed by atoms with Gasteiger partial charge in [-0.05, 0) is 34.1 Å². The van der Waals surface area contributed by atoms with E-state index in [0.29, 0.717) is 35.9 Å². The van der Waals surface area contributed by atoms with E-state index in [4.69, 9.17) is 9.84 Å². The van der Waals surface area contributed by atoms with Crippen molar-refractivity contribution in [2.24, 2.45) is 0 Å². The van der Waals surface area contributed by atoms with E-state index >= 15 is 0 Å². The van der Waals surface area contributed by atoms with E-state index in [1.165, 1.54) is 18.3 Å². The number of carboxylic acid groups (broad SMARTS) is 1. The van der Waals surface area contributed by atoms with Crippen molar-refractivity contribution in [2.75, 3.05) is 18.0 Å². The summed E-state index contributed by atoms with van der Waals surface area (Å²) in [5.41, 5.74) is 1.46. The van der Waals surface area contributed by atoms with Crippen molar-refractivity contribution in [3.8, 4) is 16.9 Å². The van der Waals surface area contributed by atoms with Gasteiger partial charge >= 0.3 is 5.97 Å². The molecule has 1 aliphatic heterocycles. The monoisotopic (exact) mass is 472 g/mol. The molecule has 0 bridgehead atoms. The number of rotatable bonds is 5. The maximum atomic E-state index is 13.4. The van der Waals surface area contributed by atoms with Crippen LogP contribution in [0.1, 0.15) is 23.2 Å². The Bertz CT molecular complexity index is 1060. The van der Waals surface area contributed by atoms with Gasteiger partial charge in [-0.1, -0.05) is 0 Å². The topological polar surface area (TPSA) is 88.4 Å². The predicted molar refractivity (Wildman–Crippen MR) is 112 cm³/mol. The van der Waals surface area contributed by atoms with Gasteiger partial charge < -0.3 is 14.7 Å². The number of aromatic carboxylic acids is 1. The van der Waals surface area contributed by atoms with E-state index in [1.54, 1.807) is 30.7 Å². The highest BCUT2D eigenvalue weighted by molar-refractivity contribution is 9.10. The Balaban J connectivity index is 1.39. The number of hydrogen-bond donors (Lipinski definition) is 1. The number of pyridine rings is 1. The fourth-order valence-corrected chi connectivity index (χ4v) is 3.61. The molecule has 0 unspecified atom stereocenters. The smallest absolute Gasteiger partial charge is 0.337 e. The van der Waals surface area contributed by atoms with Crippen LogP contribution in [-0.4, -0.2) is 45.2 Å². The fraction of sp³-hybridized carbons (Fsp3) is 0.238. The van der Waals surface area contributed by atoms with Crippen molar-refractivity contribution in [3.05, 3.63) is 64.9 Å². The van der Waals surface area contributed by atoms with E-state index in [1.807, 2.05) is 0 Å². The Morgan fingerprint density at radius 2 is 1.83 bits per heavy atom. The summed E-state index contributed by atoms with van der Waals surface area (Å²) in [6, 6.07) is 5.94. The van der Waals surface area contributed by atoms with Crippen LogP contribution in [0.25, 0.3) is 11.1 Å². The minimum absolute atomic E-state index is 0.0107. The molecule has 30 heavy (non-hydrogen) atoms. The predicted octanol–water partition coefficient (Wildman–Crippen LogP) is 4.19. The molecule has 4 rings (SSSR count). The molecule has 7 nitrogen and oxygen atoms in total. The van der Waals surface area contributed by atoms with Crippen LogP contribution in [0.4, 0.5) is 10.3 Å². The van der Waals surface area contributed by atoms with Gasteiger partial charge in [0.15, 0.2) is 0 Å². The normalized spacial score (nSPS) is 14.5. The molecule has 3 aromatic rings. The molecule has 0 radical (unpaired) electrons. The Morgan fingerprint density at radius 1 is 1.10 bits per heavy atom. The first kappa shape index (κ1) is 20.2. The number of anilines is 1. The van der Waals surface area contributed by atoms with Crippen molar-refractivity contribution in [2.45, 2.75) is 18.9 Å². The molecule has 154 valence electrons. The number of carbonyl (C=O) groups is 1. The lowest BCUT2D eigenvalue weighted by molar-refractivity contribution is 0.0696. The van der Waals surface area contributed by atoms with Gasteiger partial charge in [0, 0.05) is 67.9 Å². The molecule has 1 aliphatic rings. The zero-order chi connectivity index (χ0) is 21.1. The molecular formula is C21H18BrFN4O3. The number of piperidine rings is 1. The maximum absolute atomic E-state index is 13.4. The molecule has 1 fully saturated rings. The van der Waals surface area contributed by atoms with Gasteiger partial charge in [0.25, 0.3) is 0 Å². The lowest BCUT2D eigenvalue weighted by Crippen LogP contribution is -2.39. The molecule has 3 heterocycles. The highest BCUT2D eigenvalue weighted by atomic mass is 79.9. The van der Waals surface area contributed by atoms with Crippen molar-refractivity contribution in [3.63, 3.8) is 0 Å². The summed E-state index contributed by atoms with van der Waals surface area (Å²) in [5.74, 6) is -0.252. The number of halogens is 2. The van der Waals surface area contributed by atoms with Crippen molar-refractivity contribution in [1.82, 2.24) is 15.0 Å². The van der Waals surface area contributed by atoms with Gasteiger partial charge in [0.1, 0.15) is 17.7 Å². The van der Waals surface area contributed by atoms with E-state index < -0.39 is 5.97 Å². The molecule has 0 spiro atoms. The molecular weight excluding hydrogens is 455 g/mol. The summed E-state index contributed by atoms with van der Waals surface area (Å²) in [6.45, 7) is 1.43. The number of hydrogen-bond acceptors (Lipinski definition) is 6. The fourth-order valence-electron chi connectivity index (χ4n) is 3.27. The van der Waals surface area contributed by atoms with Gasteiger partial charge in [-0.3, -0.25) is 4.98 Å².